The average Bonchev–Trinajstić information content (AvgIpc) is 2.89. The van der Waals surface area contributed by atoms with Crippen molar-refractivity contribution in [1.82, 2.24) is 0 Å². The van der Waals surface area contributed by atoms with Crippen molar-refractivity contribution in [1.29, 1.82) is 0 Å². The Kier molecular flexibility index (Phi) is 4.76. The summed E-state index contributed by atoms with van der Waals surface area (Å²) in [6, 6.07) is 7.23. The fourth-order valence-corrected chi connectivity index (χ4v) is 6.03. The molecule has 0 radical (unpaired) electrons. The molecule has 1 fully saturated rings. The minimum atomic E-state index is -3.02. The van der Waals surface area contributed by atoms with Gasteiger partial charge in [-0.05, 0) is 32.0 Å². The maximum absolute atomic E-state index is 12.0. The van der Waals surface area contributed by atoms with E-state index in [0.717, 1.165) is 16.6 Å². The first kappa shape index (κ1) is 16.9. The lowest BCUT2D eigenvalue weighted by Gasteiger charge is -2.26. The molecule has 124 valence electrons. The van der Waals surface area contributed by atoms with Gasteiger partial charge in [-0.15, -0.1) is 0 Å². The summed E-state index contributed by atoms with van der Waals surface area (Å²) < 4.78 is 23.9. The van der Waals surface area contributed by atoms with E-state index in [9.17, 15) is 8.42 Å². The molecule has 0 aromatic heterocycles. The Morgan fingerprint density at radius 3 is 2.91 bits per heavy atom. The molecule has 2 heterocycles. The summed E-state index contributed by atoms with van der Waals surface area (Å²) in [5, 5.41) is 1.52. The Morgan fingerprint density at radius 2 is 2.22 bits per heavy atom. The van der Waals surface area contributed by atoms with E-state index < -0.39 is 9.84 Å². The van der Waals surface area contributed by atoms with Gasteiger partial charge in [-0.1, -0.05) is 41.1 Å². The molecule has 0 bridgehead atoms. The first-order valence-electron chi connectivity index (χ1n) is 7.45. The number of anilines is 1. The molecule has 0 aliphatic carbocycles. The Hall–Kier alpha value is -0.980. The number of nitrogens with zero attached hydrogens (tertiary/aromatic N) is 2. The van der Waals surface area contributed by atoms with E-state index in [0.29, 0.717) is 5.02 Å². The number of rotatable bonds is 3. The third-order valence-electron chi connectivity index (χ3n) is 3.90. The van der Waals surface area contributed by atoms with Crippen LogP contribution < -0.4 is 4.90 Å². The van der Waals surface area contributed by atoms with Crippen LogP contribution in [0.15, 0.2) is 40.9 Å². The number of sulfone groups is 1. The number of benzene rings is 1. The van der Waals surface area contributed by atoms with Crippen molar-refractivity contribution in [3.8, 4) is 0 Å². The van der Waals surface area contributed by atoms with Gasteiger partial charge in [0.25, 0.3) is 0 Å². The smallest absolute Gasteiger partial charge is 0.164 e. The zero-order chi connectivity index (χ0) is 16.6. The van der Waals surface area contributed by atoms with Gasteiger partial charge < -0.3 is 4.90 Å². The highest BCUT2D eigenvalue weighted by molar-refractivity contribution is 8.14. The highest BCUT2D eigenvalue weighted by Crippen LogP contribution is 2.35. The monoisotopic (exact) mass is 370 g/mol. The van der Waals surface area contributed by atoms with Crippen molar-refractivity contribution in [2.45, 2.75) is 25.9 Å². The zero-order valence-corrected chi connectivity index (χ0v) is 15.5. The molecule has 0 amide bonds. The lowest BCUT2D eigenvalue weighted by molar-refractivity contribution is 0.601. The molecule has 2 aliphatic heterocycles. The summed E-state index contributed by atoms with van der Waals surface area (Å²) in [5.41, 5.74) is 2.17. The molecule has 23 heavy (non-hydrogen) atoms. The molecule has 0 spiro atoms. The van der Waals surface area contributed by atoms with E-state index in [2.05, 4.69) is 24.9 Å². The van der Waals surface area contributed by atoms with Crippen molar-refractivity contribution in [3.05, 3.63) is 40.9 Å². The van der Waals surface area contributed by atoms with Gasteiger partial charge >= 0.3 is 0 Å². The van der Waals surface area contributed by atoms with E-state index in [1.807, 2.05) is 29.2 Å². The molecule has 0 unspecified atom stereocenters. The van der Waals surface area contributed by atoms with Crippen LogP contribution in [0, 0.1) is 0 Å². The van der Waals surface area contributed by atoms with Gasteiger partial charge in [0.2, 0.25) is 0 Å². The van der Waals surface area contributed by atoms with Crippen LogP contribution in [0.3, 0.4) is 0 Å². The highest BCUT2D eigenvalue weighted by Gasteiger charge is 2.47. The number of amidine groups is 1. The Morgan fingerprint density at radius 1 is 1.43 bits per heavy atom. The van der Waals surface area contributed by atoms with Crippen LogP contribution in [0.1, 0.15) is 13.8 Å². The van der Waals surface area contributed by atoms with E-state index in [4.69, 9.17) is 11.6 Å². The van der Waals surface area contributed by atoms with Crippen molar-refractivity contribution in [3.63, 3.8) is 0 Å². The molecule has 2 atom stereocenters. The fraction of sp³-hybridized carbons (Fsp3) is 0.438. The van der Waals surface area contributed by atoms with Crippen LogP contribution in [0.5, 0.6) is 0 Å². The summed E-state index contributed by atoms with van der Waals surface area (Å²) in [6.45, 7) is 4.13. The van der Waals surface area contributed by atoms with Gasteiger partial charge in [-0.3, -0.25) is 4.99 Å². The number of hydrogen-bond acceptors (Lipinski definition) is 5. The van der Waals surface area contributed by atoms with Gasteiger partial charge in [-0.25, -0.2) is 8.42 Å². The molecular formula is C16H19ClN2O2S2. The van der Waals surface area contributed by atoms with Gasteiger partial charge in [0.1, 0.15) is 0 Å². The quantitative estimate of drug-likeness (QED) is 0.765. The number of thioether (sulfide) groups is 1. The molecule has 0 N–H and O–H groups in total. The first-order valence-corrected chi connectivity index (χ1v) is 10.6. The summed E-state index contributed by atoms with van der Waals surface area (Å²) >= 11 is 7.75. The lowest BCUT2D eigenvalue weighted by Crippen LogP contribution is -2.39. The normalized spacial score (nSPS) is 25.2. The number of fused-ring (bicyclic) bond motifs is 1. The van der Waals surface area contributed by atoms with E-state index in [-0.39, 0.29) is 23.6 Å². The van der Waals surface area contributed by atoms with Crippen LogP contribution in [-0.4, -0.2) is 42.9 Å². The van der Waals surface area contributed by atoms with Gasteiger partial charge in [0.05, 0.1) is 23.6 Å². The molecule has 2 aliphatic rings. The van der Waals surface area contributed by atoms with E-state index >= 15 is 0 Å². The maximum atomic E-state index is 12.0. The summed E-state index contributed by atoms with van der Waals surface area (Å²) in [4.78, 5) is 6.73. The van der Waals surface area contributed by atoms with E-state index in [1.54, 1.807) is 11.8 Å². The van der Waals surface area contributed by atoms with Crippen molar-refractivity contribution in [2.24, 2.45) is 4.99 Å². The lowest BCUT2D eigenvalue weighted by atomic mass is 10.1. The largest absolute Gasteiger partial charge is 0.315 e. The Balaban J connectivity index is 1.91. The van der Waals surface area contributed by atoms with E-state index in [1.165, 1.54) is 5.57 Å². The second kappa shape index (κ2) is 6.49. The highest BCUT2D eigenvalue weighted by atomic mass is 35.5. The molecule has 7 heteroatoms. The third-order valence-corrected chi connectivity index (χ3v) is 6.73. The number of halogens is 1. The molecule has 3 rings (SSSR count). The van der Waals surface area contributed by atoms with Crippen molar-refractivity contribution in [2.75, 3.05) is 22.2 Å². The van der Waals surface area contributed by atoms with Crippen LogP contribution in [0.25, 0.3) is 0 Å². The third kappa shape index (κ3) is 3.75. The fourth-order valence-electron chi connectivity index (χ4n) is 2.84. The molecule has 1 aromatic rings. The second-order valence-corrected chi connectivity index (χ2v) is 9.64. The summed E-state index contributed by atoms with van der Waals surface area (Å²) in [5.74, 6) is 1.12. The standard InChI is InChI=1S/C16H19ClN2O2S2/c1-11(2)6-7-22-16-18-14-9-23(20,21)10-15(14)19(16)13-5-3-4-12(17)8-13/h3-6,8,14-15H,7,9-10H2,1-2H3/t14-,15+/m0/s1. The second-order valence-electron chi connectivity index (χ2n) is 6.07. The number of aliphatic imine (C=N–C) groups is 1. The number of allylic oxidation sites excluding steroid dienone is 1. The molecule has 4 nitrogen and oxygen atoms in total. The topological polar surface area (TPSA) is 49.7 Å². The predicted molar refractivity (Wildman–Crippen MR) is 99.5 cm³/mol. The zero-order valence-electron chi connectivity index (χ0n) is 13.1. The minimum Gasteiger partial charge on any atom is -0.315 e. The van der Waals surface area contributed by atoms with Crippen molar-refractivity contribution < 1.29 is 8.42 Å². The maximum Gasteiger partial charge on any atom is 0.164 e. The predicted octanol–water partition coefficient (Wildman–Crippen LogP) is 3.38. The Bertz CT molecular complexity index is 770. The van der Waals surface area contributed by atoms with Crippen LogP contribution in [0.2, 0.25) is 5.02 Å². The van der Waals surface area contributed by atoms with Gasteiger partial charge in [-0.2, -0.15) is 0 Å². The van der Waals surface area contributed by atoms with Crippen LogP contribution in [0.4, 0.5) is 5.69 Å². The van der Waals surface area contributed by atoms with Gasteiger partial charge in [0.15, 0.2) is 15.0 Å². The van der Waals surface area contributed by atoms with Crippen molar-refractivity contribution >= 4 is 44.1 Å². The summed E-state index contributed by atoms with van der Waals surface area (Å²) in [7, 11) is -3.02. The number of hydrogen-bond donors (Lipinski definition) is 0. The van der Waals surface area contributed by atoms with Crippen LogP contribution >= 0.6 is 23.4 Å². The average molecular weight is 371 g/mol. The molecule has 1 aromatic carbocycles. The molecule has 0 saturated carbocycles. The van der Waals surface area contributed by atoms with Gasteiger partial charge in [0, 0.05) is 16.5 Å². The first-order chi connectivity index (χ1) is 10.9. The van der Waals surface area contributed by atoms with Crippen LogP contribution in [-0.2, 0) is 9.84 Å². The SMILES string of the molecule is CC(C)=CCSC1=N[C@H]2CS(=O)(=O)C[C@H]2N1c1cccc(Cl)c1. The molecular weight excluding hydrogens is 352 g/mol. The molecule has 1 saturated heterocycles. The summed E-state index contributed by atoms with van der Waals surface area (Å²) in [6.07, 6.45) is 2.15. The Labute approximate surface area is 146 Å². The minimum absolute atomic E-state index is 0.118.